The summed E-state index contributed by atoms with van der Waals surface area (Å²) in [5.41, 5.74) is 0. The molecule has 0 fully saturated rings. The first kappa shape index (κ1) is 16.7. The SMILES string of the molecule is CC[P+](CC)(CC)C(=S)NC(C)=O.[Cl-]. The predicted octanol–water partition coefficient (Wildman–Crippen LogP) is -0.511. The summed E-state index contributed by atoms with van der Waals surface area (Å²) >= 11 is 5.28. The first-order valence-corrected chi connectivity index (χ1v) is 7.45. The van der Waals surface area contributed by atoms with E-state index in [2.05, 4.69) is 26.1 Å². The van der Waals surface area contributed by atoms with E-state index in [0.29, 0.717) is 0 Å². The fraction of sp³-hybridized carbons (Fsp3) is 0.778. The molecule has 0 bridgehead atoms. The molecule has 0 aliphatic rings. The highest BCUT2D eigenvalue weighted by Crippen LogP contribution is 2.58. The number of hydrogen-bond acceptors (Lipinski definition) is 2. The second-order valence-electron chi connectivity index (χ2n) is 3.08. The van der Waals surface area contributed by atoms with Gasteiger partial charge in [0.05, 0.1) is 25.7 Å². The molecule has 0 heterocycles. The van der Waals surface area contributed by atoms with Crippen molar-refractivity contribution in [3.05, 3.63) is 0 Å². The molecule has 0 radical (unpaired) electrons. The zero-order chi connectivity index (χ0) is 10.5. The Bertz CT molecular complexity index is 199. The van der Waals surface area contributed by atoms with E-state index in [1.54, 1.807) is 0 Å². The molecule has 0 aromatic rings. The average Bonchev–Trinajstić information content (AvgIpc) is 2.07. The van der Waals surface area contributed by atoms with Crippen LogP contribution in [0.2, 0.25) is 0 Å². The minimum absolute atomic E-state index is 0. The van der Waals surface area contributed by atoms with Crippen molar-refractivity contribution in [3.8, 4) is 0 Å². The smallest absolute Gasteiger partial charge is 0.227 e. The Morgan fingerprint density at radius 3 is 1.79 bits per heavy atom. The van der Waals surface area contributed by atoms with Gasteiger partial charge in [-0.2, -0.15) is 0 Å². The van der Waals surface area contributed by atoms with Gasteiger partial charge in [0.15, 0.2) is 0 Å². The van der Waals surface area contributed by atoms with Gasteiger partial charge in [0.2, 0.25) is 10.6 Å². The standard InChI is InChI=1S/C9H18NOPS.ClH/c1-5-12(6-2,7-3)9(13)10-8(4)11;/h5-7H2,1-4H3;1H. The molecule has 1 N–H and O–H groups in total. The van der Waals surface area contributed by atoms with Gasteiger partial charge in [-0.15, -0.1) is 0 Å². The molecule has 0 saturated heterocycles. The van der Waals surface area contributed by atoms with Crippen LogP contribution in [-0.4, -0.2) is 29.1 Å². The first-order valence-electron chi connectivity index (χ1n) is 4.70. The van der Waals surface area contributed by atoms with Crippen LogP contribution in [0.15, 0.2) is 0 Å². The van der Waals surface area contributed by atoms with Crippen molar-refractivity contribution in [2.45, 2.75) is 27.7 Å². The van der Waals surface area contributed by atoms with Gasteiger partial charge in [0.1, 0.15) is 0 Å². The molecule has 0 atom stereocenters. The van der Waals surface area contributed by atoms with Gasteiger partial charge in [-0.1, -0.05) is 0 Å². The maximum absolute atomic E-state index is 10.9. The predicted molar refractivity (Wildman–Crippen MR) is 65.0 cm³/mol. The number of halogens is 1. The summed E-state index contributed by atoms with van der Waals surface area (Å²) in [4.78, 5) is 10.9. The molecule has 0 spiro atoms. The highest BCUT2D eigenvalue weighted by Gasteiger charge is 2.37. The van der Waals surface area contributed by atoms with Gasteiger partial charge in [-0.3, -0.25) is 10.1 Å². The van der Waals surface area contributed by atoms with Crippen molar-refractivity contribution < 1.29 is 17.2 Å². The largest absolute Gasteiger partial charge is 1.00 e. The molecule has 0 aliphatic heterocycles. The number of amides is 1. The zero-order valence-electron chi connectivity index (χ0n) is 9.26. The first-order chi connectivity index (χ1) is 6.02. The average molecular weight is 256 g/mol. The molecule has 84 valence electrons. The number of nitrogens with one attached hydrogen (secondary N) is 1. The minimum atomic E-state index is -1.18. The third kappa shape index (κ3) is 4.20. The summed E-state index contributed by atoms with van der Waals surface area (Å²) in [6.07, 6.45) is 3.29. The summed E-state index contributed by atoms with van der Waals surface area (Å²) in [7, 11) is -1.18. The van der Waals surface area contributed by atoms with E-state index in [0.717, 1.165) is 23.2 Å². The van der Waals surface area contributed by atoms with Crippen LogP contribution in [-0.2, 0) is 4.79 Å². The molecule has 0 unspecified atom stereocenters. The fourth-order valence-corrected chi connectivity index (χ4v) is 5.27. The van der Waals surface area contributed by atoms with Crippen LogP contribution >= 0.6 is 19.5 Å². The van der Waals surface area contributed by atoms with E-state index in [1.807, 2.05) is 0 Å². The third-order valence-corrected chi connectivity index (χ3v) is 8.40. The fourth-order valence-electron chi connectivity index (χ4n) is 1.37. The minimum Gasteiger partial charge on any atom is -1.00 e. The van der Waals surface area contributed by atoms with E-state index in [-0.39, 0.29) is 18.3 Å². The van der Waals surface area contributed by atoms with E-state index < -0.39 is 7.26 Å². The van der Waals surface area contributed by atoms with Gasteiger partial charge in [-0.05, 0) is 33.0 Å². The van der Waals surface area contributed by atoms with Crippen molar-refractivity contribution in [3.63, 3.8) is 0 Å². The number of hydrogen-bond donors (Lipinski definition) is 1. The molecule has 0 aromatic heterocycles. The van der Waals surface area contributed by atoms with Crippen molar-refractivity contribution in [1.82, 2.24) is 5.32 Å². The number of carbonyl (C=O) groups excluding carboxylic acids is 1. The summed E-state index contributed by atoms with van der Waals surface area (Å²) in [5, 5.41) is 2.78. The van der Waals surface area contributed by atoms with Crippen LogP contribution in [0.1, 0.15) is 27.7 Å². The number of carbonyl (C=O) groups is 1. The maximum atomic E-state index is 10.9. The quantitative estimate of drug-likeness (QED) is 0.542. The van der Waals surface area contributed by atoms with Crippen molar-refractivity contribution in [1.29, 1.82) is 0 Å². The Labute approximate surface area is 99.0 Å². The van der Waals surface area contributed by atoms with Crippen LogP contribution in [0.3, 0.4) is 0 Å². The summed E-state index contributed by atoms with van der Waals surface area (Å²) in [5.74, 6) is -0.0373. The summed E-state index contributed by atoms with van der Waals surface area (Å²) in [6, 6.07) is 0. The Morgan fingerprint density at radius 1 is 1.21 bits per heavy atom. The van der Waals surface area contributed by atoms with E-state index in [1.165, 1.54) is 6.92 Å². The molecule has 2 nitrogen and oxygen atoms in total. The van der Waals surface area contributed by atoms with Crippen LogP contribution in [0.5, 0.6) is 0 Å². The van der Waals surface area contributed by atoms with Crippen LogP contribution < -0.4 is 17.7 Å². The molecule has 5 heteroatoms. The third-order valence-electron chi connectivity index (χ3n) is 2.53. The molecule has 0 aliphatic carbocycles. The van der Waals surface area contributed by atoms with Crippen LogP contribution in [0.25, 0.3) is 0 Å². The monoisotopic (exact) mass is 255 g/mol. The van der Waals surface area contributed by atoms with Gasteiger partial charge in [0.25, 0.3) is 0 Å². The lowest BCUT2D eigenvalue weighted by Crippen LogP contribution is -3.00. The van der Waals surface area contributed by atoms with Crippen LogP contribution in [0, 0.1) is 0 Å². The Morgan fingerprint density at radius 2 is 1.57 bits per heavy atom. The van der Waals surface area contributed by atoms with Gasteiger partial charge < -0.3 is 12.4 Å². The van der Waals surface area contributed by atoms with Crippen LogP contribution in [0.4, 0.5) is 0 Å². The Balaban J connectivity index is 0. The Hall–Kier alpha value is 0.280. The second-order valence-corrected chi connectivity index (χ2v) is 8.43. The van der Waals surface area contributed by atoms with Gasteiger partial charge in [0, 0.05) is 6.92 Å². The highest BCUT2D eigenvalue weighted by molar-refractivity contribution is 8.06. The molecular formula is C9H19ClNOPS. The van der Waals surface area contributed by atoms with E-state index in [4.69, 9.17) is 12.2 Å². The normalized spacial score (nSPS) is 10.3. The Kier molecular flexibility index (Phi) is 9.01. The summed E-state index contributed by atoms with van der Waals surface area (Å²) in [6.45, 7) is 8.00. The maximum Gasteiger partial charge on any atom is 0.227 e. The number of rotatable bonds is 4. The van der Waals surface area contributed by atoms with Crippen molar-refractivity contribution in [2.75, 3.05) is 18.5 Å². The molecule has 0 saturated carbocycles. The highest BCUT2D eigenvalue weighted by atomic mass is 35.5. The van der Waals surface area contributed by atoms with E-state index >= 15 is 0 Å². The lowest BCUT2D eigenvalue weighted by Gasteiger charge is -2.23. The van der Waals surface area contributed by atoms with Crippen molar-refractivity contribution >= 4 is 30.1 Å². The van der Waals surface area contributed by atoms with Crippen molar-refractivity contribution in [2.24, 2.45) is 0 Å². The zero-order valence-corrected chi connectivity index (χ0v) is 11.7. The lowest BCUT2D eigenvalue weighted by molar-refractivity contribution is -0.117. The molecule has 0 rings (SSSR count). The lowest BCUT2D eigenvalue weighted by atomic mass is 10.7. The van der Waals surface area contributed by atoms with E-state index in [9.17, 15) is 4.79 Å². The molecule has 0 aromatic carbocycles. The van der Waals surface area contributed by atoms with Gasteiger partial charge >= 0.3 is 0 Å². The molecule has 1 amide bonds. The molecule has 14 heavy (non-hydrogen) atoms. The second kappa shape index (κ2) is 7.56. The molecular weight excluding hydrogens is 237 g/mol. The topological polar surface area (TPSA) is 29.1 Å². The number of thiocarbonyl (C=S) groups is 1. The van der Waals surface area contributed by atoms with Gasteiger partial charge in [-0.25, -0.2) is 0 Å². The summed E-state index contributed by atoms with van der Waals surface area (Å²) < 4.78 is 0.813.